The lowest BCUT2D eigenvalue weighted by Gasteiger charge is -2.03. The van der Waals surface area contributed by atoms with Crippen LogP contribution in [-0.4, -0.2) is 15.9 Å². The molecule has 0 saturated heterocycles. The predicted molar refractivity (Wildman–Crippen MR) is 70.6 cm³/mol. The van der Waals surface area contributed by atoms with Gasteiger partial charge < -0.3 is 9.73 Å². The summed E-state index contributed by atoms with van der Waals surface area (Å²) in [5, 5.41) is 2.74. The van der Waals surface area contributed by atoms with Crippen molar-refractivity contribution in [2.75, 3.05) is 5.32 Å². The third kappa shape index (κ3) is 2.60. The number of rotatable bonds is 3. The first-order chi connectivity index (χ1) is 9.31. The second-order valence-corrected chi connectivity index (χ2v) is 4.09. The van der Waals surface area contributed by atoms with E-state index in [4.69, 9.17) is 4.42 Å². The van der Waals surface area contributed by atoms with Gasteiger partial charge in [-0.2, -0.15) is 0 Å². The molecule has 1 aromatic carbocycles. The Labute approximate surface area is 109 Å². The molecule has 5 heteroatoms. The first-order valence-corrected chi connectivity index (χ1v) is 5.84. The number of amides is 1. The molecule has 0 fully saturated rings. The summed E-state index contributed by atoms with van der Waals surface area (Å²) in [4.78, 5) is 19.9. The van der Waals surface area contributed by atoms with Crippen molar-refractivity contribution in [3.05, 3.63) is 54.6 Å². The highest BCUT2D eigenvalue weighted by Gasteiger charge is 2.06. The summed E-state index contributed by atoms with van der Waals surface area (Å²) in [6.45, 7) is 0. The lowest BCUT2D eigenvalue weighted by atomic mass is 10.1. The first-order valence-electron chi connectivity index (χ1n) is 5.84. The third-order valence-electron chi connectivity index (χ3n) is 2.69. The van der Waals surface area contributed by atoms with Crippen molar-refractivity contribution in [1.29, 1.82) is 0 Å². The van der Waals surface area contributed by atoms with Crippen LogP contribution in [0.2, 0.25) is 0 Å². The van der Waals surface area contributed by atoms with Crippen LogP contribution in [0, 0.1) is 0 Å². The van der Waals surface area contributed by atoms with Crippen LogP contribution in [0.5, 0.6) is 0 Å². The van der Waals surface area contributed by atoms with Gasteiger partial charge in [-0.1, -0.05) is 12.1 Å². The van der Waals surface area contributed by atoms with E-state index < -0.39 is 0 Å². The zero-order valence-corrected chi connectivity index (χ0v) is 10.0. The Hall–Kier alpha value is -2.69. The van der Waals surface area contributed by atoms with Gasteiger partial charge in [-0.25, -0.2) is 9.97 Å². The number of oxazole rings is 1. The fourth-order valence-electron chi connectivity index (χ4n) is 1.82. The van der Waals surface area contributed by atoms with E-state index in [0.29, 0.717) is 11.4 Å². The average Bonchev–Trinajstić information content (AvgIpc) is 2.87. The topological polar surface area (TPSA) is 68.0 Å². The maximum atomic E-state index is 11.9. The van der Waals surface area contributed by atoms with Crippen LogP contribution in [0.3, 0.4) is 0 Å². The van der Waals surface area contributed by atoms with Gasteiger partial charge in [0.05, 0.1) is 6.42 Å². The zero-order chi connectivity index (χ0) is 13.1. The van der Waals surface area contributed by atoms with E-state index in [1.54, 1.807) is 18.3 Å². The first kappa shape index (κ1) is 11.4. The van der Waals surface area contributed by atoms with E-state index in [1.807, 2.05) is 24.3 Å². The Morgan fingerprint density at radius 3 is 3.00 bits per heavy atom. The molecule has 19 heavy (non-hydrogen) atoms. The molecule has 0 unspecified atom stereocenters. The van der Waals surface area contributed by atoms with E-state index in [0.717, 1.165) is 11.1 Å². The monoisotopic (exact) mass is 253 g/mol. The van der Waals surface area contributed by atoms with Crippen molar-refractivity contribution in [3.8, 4) is 0 Å². The summed E-state index contributed by atoms with van der Waals surface area (Å²) < 4.78 is 5.20. The normalized spacial score (nSPS) is 10.5. The number of fused-ring (bicyclic) bond motifs is 1. The largest absolute Gasteiger partial charge is 0.443 e. The Kier molecular flexibility index (Phi) is 2.94. The smallest absolute Gasteiger partial charge is 0.229 e. The lowest BCUT2D eigenvalue weighted by molar-refractivity contribution is -0.115. The Morgan fingerprint density at radius 1 is 1.21 bits per heavy atom. The van der Waals surface area contributed by atoms with Gasteiger partial charge in [0.1, 0.15) is 11.3 Å². The van der Waals surface area contributed by atoms with Crippen LogP contribution >= 0.6 is 0 Å². The summed E-state index contributed by atoms with van der Waals surface area (Å²) >= 11 is 0. The van der Waals surface area contributed by atoms with Crippen molar-refractivity contribution in [2.45, 2.75) is 6.42 Å². The van der Waals surface area contributed by atoms with Crippen LogP contribution in [0.4, 0.5) is 5.82 Å². The molecule has 1 N–H and O–H groups in total. The van der Waals surface area contributed by atoms with Crippen molar-refractivity contribution in [3.63, 3.8) is 0 Å². The third-order valence-corrected chi connectivity index (χ3v) is 2.69. The van der Waals surface area contributed by atoms with Gasteiger partial charge in [-0.15, -0.1) is 0 Å². The number of hydrogen-bond acceptors (Lipinski definition) is 4. The number of carbonyl (C=O) groups excluding carboxylic acids is 1. The number of aromatic nitrogens is 2. The maximum absolute atomic E-state index is 11.9. The summed E-state index contributed by atoms with van der Waals surface area (Å²) in [7, 11) is 0. The zero-order valence-electron chi connectivity index (χ0n) is 10.0. The highest BCUT2D eigenvalue weighted by Crippen LogP contribution is 2.15. The molecule has 0 aliphatic heterocycles. The van der Waals surface area contributed by atoms with Crippen molar-refractivity contribution >= 4 is 22.8 Å². The van der Waals surface area contributed by atoms with Crippen LogP contribution < -0.4 is 5.32 Å². The average molecular weight is 253 g/mol. The standard InChI is InChI=1S/C14H11N3O2/c18-14(17-13-3-1-2-6-15-13)8-10-4-5-11-12(7-10)19-9-16-11/h1-7,9H,8H2,(H,15,17,18). The minimum atomic E-state index is -0.113. The molecular formula is C14H11N3O2. The highest BCUT2D eigenvalue weighted by molar-refractivity contribution is 5.91. The number of nitrogens with one attached hydrogen (secondary N) is 1. The van der Waals surface area contributed by atoms with Crippen LogP contribution in [-0.2, 0) is 11.2 Å². The Morgan fingerprint density at radius 2 is 2.16 bits per heavy atom. The summed E-state index contributed by atoms with van der Waals surface area (Å²) in [5.41, 5.74) is 2.34. The Balaban J connectivity index is 1.72. The highest BCUT2D eigenvalue weighted by atomic mass is 16.3. The van der Waals surface area contributed by atoms with Gasteiger partial charge in [0.15, 0.2) is 12.0 Å². The van der Waals surface area contributed by atoms with Crippen molar-refractivity contribution < 1.29 is 9.21 Å². The predicted octanol–water partition coefficient (Wildman–Crippen LogP) is 2.40. The van der Waals surface area contributed by atoms with E-state index in [9.17, 15) is 4.79 Å². The Bertz CT molecular complexity index is 707. The molecule has 0 saturated carbocycles. The second-order valence-electron chi connectivity index (χ2n) is 4.09. The molecule has 5 nitrogen and oxygen atoms in total. The fourth-order valence-corrected chi connectivity index (χ4v) is 1.82. The molecule has 1 amide bonds. The maximum Gasteiger partial charge on any atom is 0.229 e. The van der Waals surface area contributed by atoms with E-state index >= 15 is 0 Å². The van der Waals surface area contributed by atoms with E-state index in [-0.39, 0.29) is 12.3 Å². The van der Waals surface area contributed by atoms with Crippen molar-refractivity contribution in [1.82, 2.24) is 9.97 Å². The second kappa shape index (κ2) is 4.89. The molecule has 0 aliphatic carbocycles. The van der Waals surface area contributed by atoms with Gasteiger partial charge in [-0.3, -0.25) is 4.79 Å². The van der Waals surface area contributed by atoms with Gasteiger partial charge in [0, 0.05) is 6.20 Å². The molecule has 2 aromatic heterocycles. The minimum Gasteiger partial charge on any atom is -0.443 e. The van der Waals surface area contributed by atoms with Gasteiger partial charge in [-0.05, 0) is 29.8 Å². The molecular weight excluding hydrogens is 242 g/mol. The summed E-state index contributed by atoms with van der Waals surface area (Å²) in [6, 6.07) is 10.9. The van der Waals surface area contributed by atoms with Crippen LogP contribution in [0.15, 0.2) is 53.4 Å². The number of benzene rings is 1. The van der Waals surface area contributed by atoms with E-state index in [2.05, 4.69) is 15.3 Å². The molecule has 0 aliphatic rings. The summed E-state index contributed by atoms with van der Waals surface area (Å²) in [6.07, 6.45) is 3.30. The van der Waals surface area contributed by atoms with Gasteiger partial charge in [0.25, 0.3) is 0 Å². The number of anilines is 1. The molecule has 3 rings (SSSR count). The van der Waals surface area contributed by atoms with Crippen LogP contribution in [0.1, 0.15) is 5.56 Å². The molecule has 0 spiro atoms. The number of carbonyl (C=O) groups is 1. The number of pyridine rings is 1. The van der Waals surface area contributed by atoms with Gasteiger partial charge >= 0.3 is 0 Å². The molecule has 0 bridgehead atoms. The van der Waals surface area contributed by atoms with Crippen molar-refractivity contribution in [2.24, 2.45) is 0 Å². The van der Waals surface area contributed by atoms with E-state index in [1.165, 1.54) is 6.39 Å². The number of hydrogen-bond donors (Lipinski definition) is 1. The van der Waals surface area contributed by atoms with Crippen LogP contribution in [0.25, 0.3) is 11.1 Å². The summed E-state index contributed by atoms with van der Waals surface area (Å²) in [5.74, 6) is 0.436. The quantitative estimate of drug-likeness (QED) is 0.778. The molecule has 94 valence electrons. The number of nitrogens with zero attached hydrogens (tertiary/aromatic N) is 2. The molecule has 0 atom stereocenters. The minimum absolute atomic E-state index is 0.113. The molecule has 2 heterocycles. The molecule has 3 aromatic rings. The fraction of sp³-hybridized carbons (Fsp3) is 0.0714. The lowest BCUT2D eigenvalue weighted by Crippen LogP contribution is -2.15. The SMILES string of the molecule is O=C(Cc1ccc2ncoc2c1)Nc1ccccn1. The molecule has 0 radical (unpaired) electrons. The van der Waals surface area contributed by atoms with Gasteiger partial charge in [0.2, 0.25) is 5.91 Å².